The van der Waals surface area contributed by atoms with Crippen LogP contribution in [0.5, 0.6) is 0 Å². The van der Waals surface area contributed by atoms with E-state index in [4.69, 9.17) is 5.41 Å². The quantitative estimate of drug-likeness (QED) is 0.200. The summed E-state index contributed by atoms with van der Waals surface area (Å²) >= 11 is 0. The van der Waals surface area contributed by atoms with Crippen LogP contribution in [0.4, 0.5) is 0 Å². The van der Waals surface area contributed by atoms with E-state index in [2.05, 4.69) is 42.5 Å². The monoisotopic (exact) mass is 511 g/mol. The van der Waals surface area contributed by atoms with E-state index in [1.807, 2.05) is 11.1 Å². The predicted molar refractivity (Wildman–Crippen MR) is 162 cm³/mol. The standard InChI is InChI=1S/C37H53N/c38-26-10-2-5-13-29-22-23-36(33-15-7-6-14-31(29)33)37-25-24-32(34-16-8-9-17-35(34)37)30-20-18-28(19-21-30)27-11-3-1-4-12-27/h1,3,5,7,13,15,18,26-27,29-32,34-35,37-38H,2,4,6,8-12,14,16-17,19-25H2/b13-5+,38-26?. The van der Waals surface area contributed by atoms with Crippen molar-refractivity contribution in [3.8, 4) is 0 Å². The number of hydrogen-bond donors (Lipinski definition) is 1. The highest BCUT2D eigenvalue weighted by Crippen LogP contribution is 2.56. The number of rotatable bonds is 7. The zero-order valence-corrected chi connectivity index (χ0v) is 24.0. The van der Waals surface area contributed by atoms with Crippen LogP contribution < -0.4 is 0 Å². The van der Waals surface area contributed by atoms with E-state index in [1.54, 1.807) is 11.8 Å². The number of hydrogen-bond acceptors (Lipinski definition) is 1. The van der Waals surface area contributed by atoms with E-state index in [9.17, 15) is 0 Å². The molecular formula is C37H53N. The fraction of sp³-hybridized carbons (Fsp3) is 0.703. The molecule has 6 aliphatic rings. The Labute approximate surface area is 233 Å². The number of fused-ring (bicyclic) bond motifs is 2. The summed E-state index contributed by atoms with van der Waals surface area (Å²) in [6.07, 6.45) is 43.6. The first-order valence-electron chi connectivity index (χ1n) is 16.7. The Morgan fingerprint density at radius 3 is 2.45 bits per heavy atom. The molecule has 6 aliphatic carbocycles. The van der Waals surface area contributed by atoms with Gasteiger partial charge < -0.3 is 5.41 Å². The lowest BCUT2D eigenvalue weighted by Crippen LogP contribution is -2.42. The molecule has 0 heterocycles. The lowest BCUT2D eigenvalue weighted by Gasteiger charge is -2.51. The first-order chi connectivity index (χ1) is 18.8. The van der Waals surface area contributed by atoms with Crippen molar-refractivity contribution < 1.29 is 0 Å². The molecule has 0 bridgehead atoms. The third-order valence-corrected chi connectivity index (χ3v) is 11.9. The molecule has 2 saturated carbocycles. The molecule has 0 aliphatic heterocycles. The van der Waals surface area contributed by atoms with Crippen LogP contribution in [0, 0.1) is 52.8 Å². The van der Waals surface area contributed by atoms with Crippen molar-refractivity contribution >= 4 is 6.21 Å². The van der Waals surface area contributed by atoms with Crippen LogP contribution in [-0.2, 0) is 0 Å². The molecular weight excluding hydrogens is 458 g/mol. The summed E-state index contributed by atoms with van der Waals surface area (Å²) < 4.78 is 0. The van der Waals surface area contributed by atoms with Gasteiger partial charge in [-0.05, 0) is 162 Å². The van der Waals surface area contributed by atoms with Gasteiger partial charge in [0.15, 0.2) is 0 Å². The Kier molecular flexibility index (Phi) is 8.88. The summed E-state index contributed by atoms with van der Waals surface area (Å²) in [6.45, 7) is 0. The zero-order valence-electron chi connectivity index (χ0n) is 24.0. The summed E-state index contributed by atoms with van der Waals surface area (Å²) in [6, 6.07) is 0. The molecule has 206 valence electrons. The van der Waals surface area contributed by atoms with Crippen LogP contribution in [0.3, 0.4) is 0 Å². The van der Waals surface area contributed by atoms with Gasteiger partial charge in [0.1, 0.15) is 0 Å². The zero-order chi connectivity index (χ0) is 25.7. The summed E-state index contributed by atoms with van der Waals surface area (Å²) in [4.78, 5) is 0. The molecule has 2 fully saturated rings. The van der Waals surface area contributed by atoms with Gasteiger partial charge in [-0.1, -0.05) is 66.5 Å². The highest BCUT2D eigenvalue weighted by molar-refractivity contribution is 5.52. The molecule has 0 aromatic carbocycles. The Balaban J connectivity index is 1.17. The molecule has 0 amide bonds. The fourth-order valence-electron chi connectivity index (χ4n) is 10.1. The van der Waals surface area contributed by atoms with Crippen LogP contribution in [0.25, 0.3) is 0 Å². The average Bonchev–Trinajstić information content (AvgIpc) is 2.99. The number of nitrogens with one attached hydrogen (secondary N) is 1. The maximum atomic E-state index is 7.34. The highest BCUT2D eigenvalue weighted by Gasteiger charge is 2.46. The van der Waals surface area contributed by atoms with Gasteiger partial charge in [-0.2, -0.15) is 0 Å². The first-order valence-corrected chi connectivity index (χ1v) is 16.7. The van der Waals surface area contributed by atoms with Crippen molar-refractivity contribution in [3.05, 3.63) is 59.3 Å². The third kappa shape index (κ3) is 5.64. The van der Waals surface area contributed by atoms with Gasteiger partial charge in [-0.15, -0.1) is 0 Å². The number of allylic oxidation sites excluding steroid dienone is 10. The van der Waals surface area contributed by atoms with Gasteiger partial charge in [0.2, 0.25) is 0 Å². The third-order valence-electron chi connectivity index (χ3n) is 11.9. The minimum absolute atomic E-state index is 0.728. The van der Waals surface area contributed by atoms with Gasteiger partial charge in [-0.25, -0.2) is 0 Å². The maximum Gasteiger partial charge on any atom is -0.00447 e. The second-order valence-corrected chi connectivity index (χ2v) is 13.7. The van der Waals surface area contributed by atoms with Gasteiger partial charge in [0, 0.05) is 0 Å². The van der Waals surface area contributed by atoms with Crippen molar-refractivity contribution in [1.29, 1.82) is 5.41 Å². The van der Waals surface area contributed by atoms with Crippen molar-refractivity contribution in [2.24, 2.45) is 47.3 Å². The molecule has 0 aromatic heterocycles. The topological polar surface area (TPSA) is 23.9 Å². The van der Waals surface area contributed by atoms with Crippen LogP contribution in [0.15, 0.2) is 59.3 Å². The Morgan fingerprint density at radius 1 is 0.737 bits per heavy atom. The summed E-state index contributed by atoms with van der Waals surface area (Å²) in [5.74, 6) is 7.16. The minimum atomic E-state index is 0.728. The van der Waals surface area contributed by atoms with E-state index in [-0.39, 0.29) is 0 Å². The predicted octanol–water partition coefficient (Wildman–Crippen LogP) is 10.6. The highest BCUT2D eigenvalue weighted by atomic mass is 14.5. The molecule has 1 N–H and O–H groups in total. The van der Waals surface area contributed by atoms with Gasteiger partial charge in [0.25, 0.3) is 0 Å². The molecule has 1 nitrogen and oxygen atoms in total. The fourth-order valence-corrected chi connectivity index (χ4v) is 10.1. The lowest BCUT2D eigenvalue weighted by molar-refractivity contribution is 0.0272. The van der Waals surface area contributed by atoms with E-state index in [1.165, 1.54) is 103 Å². The van der Waals surface area contributed by atoms with Crippen LogP contribution in [-0.4, -0.2) is 6.21 Å². The van der Waals surface area contributed by atoms with Crippen molar-refractivity contribution in [3.63, 3.8) is 0 Å². The Morgan fingerprint density at radius 2 is 1.63 bits per heavy atom. The van der Waals surface area contributed by atoms with E-state index >= 15 is 0 Å². The molecule has 0 radical (unpaired) electrons. The van der Waals surface area contributed by atoms with Crippen molar-refractivity contribution in [2.75, 3.05) is 0 Å². The largest absolute Gasteiger partial charge is 0.313 e. The molecule has 0 aromatic rings. The van der Waals surface area contributed by atoms with Crippen LogP contribution in [0.2, 0.25) is 0 Å². The molecule has 8 unspecified atom stereocenters. The summed E-state index contributed by atoms with van der Waals surface area (Å²) in [5.41, 5.74) is 5.52. The maximum absolute atomic E-state index is 7.34. The van der Waals surface area contributed by atoms with E-state index in [0.29, 0.717) is 0 Å². The van der Waals surface area contributed by atoms with Crippen molar-refractivity contribution in [2.45, 2.75) is 116 Å². The summed E-state index contributed by atoms with van der Waals surface area (Å²) in [5, 5.41) is 7.34. The minimum Gasteiger partial charge on any atom is -0.313 e. The Hall–Kier alpha value is -1.63. The van der Waals surface area contributed by atoms with Crippen LogP contribution >= 0.6 is 0 Å². The first kappa shape index (κ1) is 26.6. The molecule has 1 heteroatoms. The second-order valence-electron chi connectivity index (χ2n) is 13.7. The van der Waals surface area contributed by atoms with E-state index < -0.39 is 0 Å². The molecule has 6 rings (SSSR count). The Bertz CT molecular complexity index is 975. The molecule has 0 spiro atoms. The lowest BCUT2D eigenvalue weighted by atomic mass is 9.54. The van der Waals surface area contributed by atoms with E-state index in [0.717, 1.165) is 60.2 Å². The average molecular weight is 512 g/mol. The normalized spacial score (nSPS) is 39.5. The molecule has 38 heavy (non-hydrogen) atoms. The van der Waals surface area contributed by atoms with Crippen molar-refractivity contribution in [1.82, 2.24) is 0 Å². The second kappa shape index (κ2) is 12.7. The van der Waals surface area contributed by atoms with Crippen LogP contribution in [0.1, 0.15) is 116 Å². The smallest absolute Gasteiger partial charge is 0.00447 e. The van der Waals surface area contributed by atoms with Gasteiger partial charge >= 0.3 is 0 Å². The summed E-state index contributed by atoms with van der Waals surface area (Å²) in [7, 11) is 0. The SMILES string of the molecule is N=CCC/C=C/C1CCC(C2CCC(C3CC=C(C4CC=CCC4)CC3)C3CCCCC23)=C2C=CCCC21. The molecule has 0 saturated heterocycles. The molecule has 8 atom stereocenters. The van der Waals surface area contributed by atoms with Gasteiger partial charge in [0.05, 0.1) is 0 Å². The number of unbranched alkanes of at least 4 members (excludes halogenated alkanes) is 1. The van der Waals surface area contributed by atoms with Gasteiger partial charge in [-0.3, -0.25) is 0 Å².